The monoisotopic (exact) mass is 388 g/mol. The Kier molecular flexibility index (Phi) is 5.47. The zero-order valence-electron chi connectivity index (χ0n) is 16.0. The molecular weight excluding hydrogens is 368 g/mol. The smallest absolute Gasteiger partial charge is 0.235 e. The van der Waals surface area contributed by atoms with Gasteiger partial charge in [-0.05, 0) is 36.8 Å². The number of ether oxygens (including phenoxy) is 3. The Bertz CT molecular complexity index is 1160. The van der Waals surface area contributed by atoms with Crippen molar-refractivity contribution in [3.05, 3.63) is 94.8 Å². The van der Waals surface area contributed by atoms with Gasteiger partial charge < -0.3 is 18.6 Å². The van der Waals surface area contributed by atoms with Gasteiger partial charge >= 0.3 is 0 Å². The van der Waals surface area contributed by atoms with Gasteiger partial charge in [-0.1, -0.05) is 42.5 Å². The Labute approximate surface area is 168 Å². The predicted molar refractivity (Wildman–Crippen MR) is 111 cm³/mol. The van der Waals surface area contributed by atoms with Gasteiger partial charge in [-0.2, -0.15) is 0 Å². The molecule has 0 aliphatic heterocycles. The molecule has 0 N–H and O–H groups in total. The lowest BCUT2D eigenvalue weighted by atomic mass is 10.2. The Morgan fingerprint density at radius 2 is 1.59 bits per heavy atom. The maximum atomic E-state index is 12.8. The molecule has 29 heavy (non-hydrogen) atoms. The van der Waals surface area contributed by atoms with Gasteiger partial charge in [-0.25, -0.2) is 0 Å². The minimum atomic E-state index is -0.257. The first-order chi connectivity index (χ1) is 14.2. The lowest BCUT2D eigenvalue weighted by Gasteiger charge is -2.11. The van der Waals surface area contributed by atoms with Crippen LogP contribution in [0.15, 0.2) is 88.3 Å². The van der Waals surface area contributed by atoms with Gasteiger partial charge in [0.25, 0.3) is 0 Å². The molecule has 4 rings (SSSR count). The van der Waals surface area contributed by atoms with Crippen molar-refractivity contribution in [2.24, 2.45) is 0 Å². The third-order valence-corrected chi connectivity index (χ3v) is 4.33. The van der Waals surface area contributed by atoms with Crippen molar-refractivity contribution in [2.75, 3.05) is 6.61 Å². The van der Waals surface area contributed by atoms with E-state index in [9.17, 15) is 4.79 Å². The predicted octanol–water partition coefficient (Wildman–Crippen LogP) is 5.56. The van der Waals surface area contributed by atoms with Crippen molar-refractivity contribution in [3.63, 3.8) is 0 Å². The normalized spacial score (nSPS) is 10.7. The first kappa shape index (κ1) is 18.6. The second kappa shape index (κ2) is 8.52. The molecule has 0 fully saturated rings. The van der Waals surface area contributed by atoms with Crippen LogP contribution in [0.1, 0.15) is 12.5 Å². The summed E-state index contributed by atoms with van der Waals surface area (Å²) in [5, 5.41) is 0.420. The molecule has 0 unspecified atom stereocenters. The molecule has 0 bridgehead atoms. The van der Waals surface area contributed by atoms with Crippen molar-refractivity contribution in [1.29, 1.82) is 0 Å². The van der Waals surface area contributed by atoms with Crippen molar-refractivity contribution in [3.8, 4) is 23.0 Å². The summed E-state index contributed by atoms with van der Waals surface area (Å²) in [6.07, 6.45) is 1.31. The summed E-state index contributed by atoms with van der Waals surface area (Å²) in [6.45, 7) is 2.82. The molecule has 0 aliphatic rings. The molecule has 5 heteroatoms. The molecule has 0 amide bonds. The number of hydrogen-bond donors (Lipinski definition) is 0. The first-order valence-corrected chi connectivity index (χ1v) is 9.36. The van der Waals surface area contributed by atoms with Crippen molar-refractivity contribution in [1.82, 2.24) is 0 Å². The van der Waals surface area contributed by atoms with Gasteiger partial charge in [0.1, 0.15) is 24.2 Å². The highest BCUT2D eigenvalue weighted by Crippen LogP contribution is 2.31. The van der Waals surface area contributed by atoms with E-state index in [2.05, 4.69) is 0 Å². The molecule has 4 aromatic rings. The number of para-hydroxylation sites is 2. The van der Waals surface area contributed by atoms with Crippen LogP contribution in [0.4, 0.5) is 0 Å². The molecule has 0 saturated heterocycles. The van der Waals surface area contributed by atoms with E-state index in [1.165, 1.54) is 6.26 Å². The van der Waals surface area contributed by atoms with E-state index >= 15 is 0 Å². The van der Waals surface area contributed by atoms with E-state index in [0.717, 1.165) is 5.56 Å². The largest absolute Gasteiger partial charge is 0.490 e. The van der Waals surface area contributed by atoms with Crippen LogP contribution in [-0.2, 0) is 6.61 Å². The van der Waals surface area contributed by atoms with Crippen LogP contribution in [0.5, 0.6) is 23.0 Å². The Morgan fingerprint density at radius 3 is 2.38 bits per heavy atom. The van der Waals surface area contributed by atoms with Gasteiger partial charge in [-0.3, -0.25) is 4.79 Å². The third-order valence-electron chi connectivity index (χ3n) is 4.33. The minimum absolute atomic E-state index is 0.0996. The van der Waals surface area contributed by atoms with Gasteiger partial charge in [0.2, 0.25) is 11.2 Å². The van der Waals surface area contributed by atoms with Crippen LogP contribution in [0.3, 0.4) is 0 Å². The second-order valence-electron chi connectivity index (χ2n) is 6.34. The molecule has 0 radical (unpaired) electrons. The quantitative estimate of drug-likeness (QED) is 0.415. The Morgan fingerprint density at radius 1 is 0.828 bits per heavy atom. The Balaban J connectivity index is 1.57. The van der Waals surface area contributed by atoms with Gasteiger partial charge in [0, 0.05) is 6.07 Å². The standard InChI is InChI=1S/C24H20O5/c1-2-26-20-10-6-7-11-21(20)29-23-16-28-22-14-18(12-13-19(22)24(23)25)27-15-17-8-4-3-5-9-17/h3-14,16H,2,15H2,1H3. The van der Waals surface area contributed by atoms with Crippen LogP contribution in [-0.4, -0.2) is 6.61 Å². The molecule has 1 heterocycles. The summed E-state index contributed by atoms with van der Waals surface area (Å²) in [5.41, 5.74) is 1.24. The summed E-state index contributed by atoms with van der Waals surface area (Å²) in [4.78, 5) is 12.8. The highest BCUT2D eigenvalue weighted by molar-refractivity contribution is 5.79. The molecule has 1 aromatic heterocycles. The van der Waals surface area contributed by atoms with E-state index in [-0.39, 0.29) is 11.2 Å². The maximum Gasteiger partial charge on any atom is 0.235 e. The van der Waals surface area contributed by atoms with Crippen molar-refractivity contribution >= 4 is 11.0 Å². The summed E-state index contributed by atoms with van der Waals surface area (Å²) in [6, 6.07) is 22.2. The SMILES string of the molecule is CCOc1ccccc1Oc1coc2cc(OCc3ccccc3)ccc2c1=O. The fourth-order valence-electron chi connectivity index (χ4n) is 2.92. The fraction of sp³-hybridized carbons (Fsp3) is 0.125. The zero-order valence-corrected chi connectivity index (χ0v) is 16.0. The van der Waals surface area contributed by atoms with E-state index < -0.39 is 0 Å². The molecule has 0 aliphatic carbocycles. The van der Waals surface area contributed by atoms with Crippen molar-refractivity contribution < 1.29 is 18.6 Å². The van der Waals surface area contributed by atoms with E-state index in [4.69, 9.17) is 18.6 Å². The number of hydrogen-bond acceptors (Lipinski definition) is 5. The van der Waals surface area contributed by atoms with E-state index in [0.29, 0.717) is 41.4 Å². The fourth-order valence-corrected chi connectivity index (χ4v) is 2.92. The number of benzene rings is 3. The first-order valence-electron chi connectivity index (χ1n) is 9.36. The molecule has 5 nitrogen and oxygen atoms in total. The lowest BCUT2D eigenvalue weighted by Crippen LogP contribution is -2.06. The van der Waals surface area contributed by atoms with Gasteiger partial charge in [0.05, 0.1) is 12.0 Å². The molecule has 146 valence electrons. The van der Waals surface area contributed by atoms with Gasteiger partial charge in [0.15, 0.2) is 11.5 Å². The minimum Gasteiger partial charge on any atom is -0.490 e. The van der Waals surface area contributed by atoms with Crippen LogP contribution in [0.25, 0.3) is 11.0 Å². The van der Waals surface area contributed by atoms with Crippen LogP contribution in [0.2, 0.25) is 0 Å². The summed E-state index contributed by atoms with van der Waals surface area (Å²) in [5.74, 6) is 1.76. The van der Waals surface area contributed by atoms with E-state index in [1.807, 2.05) is 49.4 Å². The lowest BCUT2D eigenvalue weighted by molar-refractivity contribution is 0.306. The number of rotatable bonds is 7. The topological polar surface area (TPSA) is 57.9 Å². The molecule has 0 atom stereocenters. The summed E-state index contributed by atoms with van der Waals surface area (Å²) < 4.78 is 22.8. The summed E-state index contributed by atoms with van der Waals surface area (Å²) >= 11 is 0. The van der Waals surface area contributed by atoms with Crippen LogP contribution in [0, 0.1) is 0 Å². The third kappa shape index (κ3) is 4.24. The summed E-state index contributed by atoms with van der Waals surface area (Å²) in [7, 11) is 0. The second-order valence-corrected chi connectivity index (χ2v) is 6.34. The highest BCUT2D eigenvalue weighted by atomic mass is 16.5. The maximum absolute atomic E-state index is 12.8. The highest BCUT2D eigenvalue weighted by Gasteiger charge is 2.12. The average Bonchev–Trinajstić information content (AvgIpc) is 2.76. The van der Waals surface area contributed by atoms with Crippen LogP contribution >= 0.6 is 0 Å². The van der Waals surface area contributed by atoms with Gasteiger partial charge in [-0.15, -0.1) is 0 Å². The molecule has 0 spiro atoms. The van der Waals surface area contributed by atoms with Crippen molar-refractivity contribution in [2.45, 2.75) is 13.5 Å². The Hall–Kier alpha value is -3.73. The van der Waals surface area contributed by atoms with Crippen LogP contribution < -0.4 is 19.6 Å². The average molecular weight is 388 g/mol. The number of fused-ring (bicyclic) bond motifs is 1. The van der Waals surface area contributed by atoms with E-state index in [1.54, 1.807) is 30.3 Å². The molecule has 3 aromatic carbocycles. The molecule has 0 saturated carbocycles. The molecular formula is C24H20O5. The zero-order chi connectivity index (χ0) is 20.1.